The van der Waals surface area contributed by atoms with Crippen LogP contribution in [0.2, 0.25) is 0 Å². The maximum Gasteiger partial charge on any atom is 0.472 e. The topological polar surface area (TPSA) is 237 Å². The van der Waals surface area contributed by atoms with Gasteiger partial charge < -0.3 is 33.8 Å². The Labute approximate surface area is 301 Å². The first-order valence-electron chi connectivity index (χ1n) is 17.8. The van der Waals surface area contributed by atoms with E-state index < -0.39 is 97.5 Å². The minimum absolute atomic E-state index is 0.0513. The highest BCUT2D eigenvalue weighted by molar-refractivity contribution is 7.47. The standard InChI is InChI=1S/C32H60O17P2/c1-5-9-12-13-14-15-19-32(37)49-28(23-43-30(35)18-11-7-3)25-47-51(40,41)45-21-26(33)20-44-50(38,39)46-24-27(48-31(36)16-8-4)22-42-29(34)17-10-6-2/h26-28,33H,5-25H2,1-4H3,(H,38,39)(H,40,41)/t26-,27-,28-/m1/s1. The number of ether oxygens (including phenoxy) is 4. The number of carbonyl (C=O) groups excluding carboxylic acids is 4. The predicted octanol–water partition coefficient (Wildman–Crippen LogP) is 5.46. The highest BCUT2D eigenvalue weighted by Crippen LogP contribution is 2.45. The van der Waals surface area contributed by atoms with Crippen molar-refractivity contribution in [1.82, 2.24) is 0 Å². The van der Waals surface area contributed by atoms with E-state index in [0.29, 0.717) is 25.7 Å². The van der Waals surface area contributed by atoms with Crippen LogP contribution < -0.4 is 0 Å². The molecule has 0 bridgehead atoms. The molecule has 0 spiro atoms. The second-order valence-corrected chi connectivity index (χ2v) is 14.7. The second kappa shape index (κ2) is 29.5. The number of aliphatic hydroxyl groups is 1. The maximum atomic E-state index is 12.5. The summed E-state index contributed by atoms with van der Waals surface area (Å²) in [7, 11) is -9.75. The van der Waals surface area contributed by atoms with Crippen LogP contribution in [0.25, 0.3) is 0 Å². The minimum atomic E-state index is -4.88. The first-order chi connectivity index (χ1) is 24.2. The smallest absolute Gasteiger partial charge is 0.462 e. The summed E-state index contributed by atoms with van der Waals surface area (Å²) in [4.78, 5) is 68.3. The van der Waals surface area contributed by atoms with E-state index in [1.807, 2.05) is 13.8 Å². The molecule has 300 valence electrons. The summed E-state index contributed by atoms with van der Waals surface area (Å²) in [6.07, 6.45) is 5.09. The molecular weight excluding hydrogens is 718 g/mol. The fourth-order valence-corrected chi connectivity index (χ4v) is 5.55. The van der Waals surface area contributed by atoms with Crippen LogP contribution in [0.3, 0.4) is 0 Å². The zero-order chi connectivity index (χ0) is 38.5. The highest BCUT2D eigenvalue weighted by Gasteiger charge is 2.30. The third-order valence-corrected chi connectivity index (χ3v) is 8.72. The van der Waals surface area contributed by atoms with Crippen molar-refractivity contribution >= 4 is 39.5 Å². The SMILES string of the molecule is CCCCCCCCC(=O)O[C@H](COC(=O)CCCC)COP(=O)(O)OC[C@H](O)COP(=O)(O)OC[C@@H](COC(=O)CCCC)OC(=O)CCC. The minimum Gasteiger partial charge on any atom is -0.462 e. The molecule has 0 aromatic heterocycles. The molecular formula is C32H60O17P2. The molecule has 0 saturated carbocycles. The Morgan fingerprint density at radius 2 is 0.843 bits per heavy atom. The van der Waals surface area contributed by atoms with Crippen LogP contribution in [0, 0.1) is 0 Å². The molecule has 0 fully saturated rings. The molecule has 2 unspecified atom stereocenters. The molecule has 5 atom stereocenters. The van der Waals surface area contributed by atoms with Crippen molar-refractivity contribution in [3.63, 3.8) is 0 Å². The average molecular weight is 779 g/mol. The van der Waals surface area contributed by atoms with Gasteiger partial charge in [0.2, 0.25) is 0 Å². The number of hydrogen-bond acceptors (Lipinski definition) is 15. The molecule has 0 amide bonds. The van der Waals surface area contributed by atoms with Gasteiger partial charge in [-0.05, 0) is 25.7 Å². The number of unbranched alkanes of at least 4 members (excludes halogenated alkanes) is 7. The van der Waals surface area contributed by atoms with Crippen molar-refractivity contribution in [3.8, 4) is 0 Å². The summed E-state index contributed by atoms with van der Waals surface area (Å²) in [6, 6.07) is 0. The van der Waals surface area contributed by atoms with Gasteiger partial charge in [0.25, 0.3) is 0 Å². The van der Waals surface area contributed by atoms with Crippen molar-refractivity contribution in [3.05, 3.63) is 0 Å². The molecule has 0 aromatic rings. The van der Waals surface area contributed by atoms with Crippen LogP contribution in [0.15, 0.2) is 0 Å². The Hall–Kier alpha value is -1.94. The molecule has 0 heterocycles. The summed E-state index contributed by atoms with van der Waals surface area (Å²) in [6.45, 7) is 3.62. The fourth-order valence-electron chi connectivity index (χ4n) is 3.97. The maximum absolute atomic E-state index is 12.5. The first kappa shape index (κ1) is 49.1. The lowest BCUT2D eigenvalue weighted by Crippen LogP contribution is -2.30. The van der Waals surface area contributed by atoms with Gasteiger partial charge in [-0.15, -0.1) is 0 Å². The number of aliphatic hydroxyl groups excluding tert-OH is 1. The van der Waals surface area contributed by atoms with E-state index in [9.17, 15) is 43.2 Å². The molecule has 0 aliphatic heterocycles. The molecule has 3 N–H and O–H groups in total. The van der Waals surface area contributed by atoms with Gasteiger partial charge in [0.15, 0.2) is 12.2 Å². The van der Waals surface area contributed by atoms with Crippen molar-refractivity contribution < 1.29 is 80.2 Å². The zero-order valence-electron chi connectivity index (χ0n) is 30.5. The van der Waals surface area contributed by atoms with Crippen molar-refractivity contribution in [2.24, 2.45) is 0 Å². The third kappa shape index (κ3) is 29.2. The fraction of sp³-hybridized carbons (Fsp3) is 0.875. The lowest BCUT2D eigenvalue weighted by atomic mass is 10.1. The van der Waals surface area contributed by atoms with E-state index in [1.165, 1.54) is 0 Å². The van der Waals surface area contributed by atoms with Crippen LogP contribution >= 0.6 is 15.6 Å². The lowest BCUT2D eigenvalue weighted by molar-refractivity contribution is -0.161. The van der Waals surface area contributed by atoms with Gasteiger partial charge in [0, 0.05) is 25.7 Å². The van der Waals surface area contributed by atoms with E-state index >= 15 is 0 Å². The quantitative estimate of drug-likeness (QED) is 0.0325. The average Bonchev–Trinajstić information content (AvgIpc) is 3.08. The molecule has 0 aromatic carbocycles. The molecule has 0 aliphatic rings. The van der Waals surface area contributed by atoms with E-state index in [-0.39, 0.29) is 25.7 Å². The van der Waals surface area contributed by atoms with Crippen molar-refractivity contribution in [1.29, 1.82) is 0 Å². The van der Waals surface area contributed by atoms with Gasteiger partial charge in [-0.25, -0.2) is 9.13 Å². The molecule has 0 aliphatic carbocycles. The highest BCUT2D eigenvalue weighted by atomic mass is 31.2. The first-order valence-corrected chi connectivity index (χ1v) is 20.8. The molecule has 19 heteroatoms. The summed E-state index contributed by atoms with van der Waals surface area (Å²) in [5.41, 5.74) is 0. The number of hydrogen-bond donors (Lipinski definition) is 3. The number of phosphoric acid groups is 2. The van der Waals surface area contributed by atoms with E-state index in [4.69, 9.17) is 37.0 Å². The Morgan fingerprint density at radius 1 is 0.471 bits per heavy atom. The normalized spacial score (nSPS) is 15.5. The summed E-state index contributed by atoms with van der Waals surface area (Å²) >= 11 is 0. The van der Waals surface area contributed by atoms with E-state index in [2.05, 4.69) is 6.92 Å². The number of carbonyl (C=O) groups is 4. The molecule has 17 nitrogen and oxygen atoms in total. The predicted molar refractivity (Wildman–Crippen MR) is 183 cm³/mol. The monoisotopic (exact) mass is 778 g/mol. The van der Waals surface area contributed by atoms with Gasteiger partial charge >= 0.3 is 39.5 Å². The second-order valence-electron chi connectivity index (χ2n) is 11.8. The Bertz CT molecular complexity index is 1070. The largest absolute Gasteiger partial charge is 0.472 e. The molecule has 0 saturated heterocycles. The van der Waals surface area contributed by atoms with Gasteiger partial charge in [0.1, 0.15) is 19.3 Å². The van der Waals surface area contributed by atoms with E-state index in [0.717, 1.165) is 44.9 Å². The number of phosphoric ester groups is 2. The van der Waals surface area contributed by atoms with Crippen LogP contribution in [0.5, 0.6) is 0 Å². The Balaban J connectivity index is 4.94. The van der Waals surface area contributed by atoms with Crippen LogP contribution in [-0.2, 0) is 65.4 Å². The lowest BCUT2D eigenvalue weighted by Gasteiger charge is -2.21. The molecule has 0 rings (SSSR count). The summed E-state index contributed by atoms with van der Waals surface area (Å²) in [5, 5.41) is 10.1. The van der Waals surface area contributed by atoms with Crippen LogP contribution in [0.4, 0.5) is 0 Å². The summed E-state index contributed by atoms with van der Waals surface area (Å²) in [5.74, 6) is -2.32. The van der Waals surface area contributed by atoms with Gasteiger partial charge in [-0.2, -0.15) is 0 Å². The van der Waals surface area contributed by atoms with Gasteiger partial charge in [-0.3, -0.25) is 37.3 Å². The van der Waals surface area contributed by atoms with Gasteiger partial charge in [-0.1, -0.05) is 72.6 Å². The van der Waals surface area contributed by atoms with Gasteiger partial charge in [0.05, 0.1) is 26.4 Å². The Morgan fingerprint density at radius 3 is 1.27 bits per heavy atom. The number of esters is 4. The molecule has 51 heavy (non-hydrogen) atoms. The van der Waals surface area contributed by atoms with Crippen molar-refractivity contribution in [2.75, 3.05) is 39.6 Å². The van der Waals surface area contributed by atoms with Crippen molar-refractivity contribution in [2.45, 2.75) is 142 Å². The van der Waals surface area contributed by atoms with E-state index in [1.54, 1.807) is 6.92 Å². The third-order valence-electron chi connectivity index (χ3n) is 6.82. The van der Waals surface area contributed by atoms with Crippen LogP contribution in [0.1, 0.15) is 124 Å². The zero-order valence-corrected chi connectivity index (χ0v) is 32.3. The number of rotatable bonds is 33. The Kier molecular flexibility index (Phi) is 28.4. The molecule has 0 radical (unpaired) electrons. The summed E-state index contributed by atoms with van der Waals surface area (Å²) < 4.78 is 64.7. The van der Waals surface area contributed by atoms with Crippen LogP contribution in [-0.4, -0.2) is 96.7 Å².